The Balaban J connectivity index is 1.70. The molecule has 1 unspecified atom stereocenters. The van der Waals surface area contributed by atoms with Crippen molar-refractivity contribution in [3.05, 3.63) is 58.9 Å². The summed E-state index contributed by atoms with van der Waals surface area (Å²) in [5, 5.41) is 6.55. The van der Waals surface area contributed by atoms with E-state index in [-0.39, 0.29) is 11.8 Å². The molecule has 1 amide bonds. The lowest BCUT2D eigenvalue weighted by Gasteiger charge is -2.23. The first-order valence-corrected chi connectivity index (χ1v) is 7.34. The van der Waals surface area contributed by atoms with E-state index in [1.54, 1.807) is 30.6 Å². The van der Waals surface area contributed by atoms with Gasteiger partial charge in [0.05, 0.1) is 35.4 Å². The number of hydrazone groups is 1. The molecule has 0 fully saturated rings. The highest BCUT2D eigenvalue weighted by atomic mass is 35.5. The minimum absolute atomic E-state index is 0.0755. The summed E-state index contributed by atoms with van der Waals surface area (Å²) in [6.07, 6.45) is 3.18. The maximum absolute atomic E-state index is 12.5. The van der Waals surface area contributed by atoms with Crippen LogP contribution in [0.2, 0.25) is 5.02 Å². The van der Waals surface area contributed by atoms with Crippen molar-refractivity contribution in [1.82, 2.24) is 9.99 Å². The van der Waals surface area contributed by atoms with Crippen LogP contribution in [-0.2, 0) is 0 Å². The van der Waals surface area contributed by atoms with Crippen molar-refractivity contribution in [3.63, 3.8) is 0 Å². The first kappa shape index (κ1) is 13.3. The number of carbonyl (C=O) groups excluding carboxylic acids is 1. The smallest absolute Gasteiger partial charge is 0.275 e. The van der Waals surface area contributed by atoms with Crippen molar-refractivity contribution in [2.75, 3.05) is 13.2 Å². The first-order valence-electron chi connectivity index (χ1n) is 6.96. The lowest BCUT2D eigenvalue weighted by Crippen LogP contribution is -2.31. The van der Waals surface area contributed by atoms with Gasteiger partial charge >= 0.3 is 0 Å². The monoisotopic (exact) mass is 313 g/mol. The van der Waals surface area contributed by atoms with Gasteiger partial charge in [-0.05, 0) is 24.3 Å². The van der Waals surface area contributed by atoms with E-state index < -0.39 is 0 Å². The number of benzene rings is 1. The minimum atomic E-state index is -0.154. The van der Waals surface area contributed by atoms with Gasteiger partial charge in [0.1, 0.15) is 5.75 Å². The summed E-state index contributed by atoms with van der Waals surface area (Å²) in [5.74, 6) is 0.569. The van der Waals surface area contributed by atoms with E-state index in [0.29, 0.717) is 29.5 Å². The van der Waals surface area contributed by atoms with E-state index >= 15 is 0 Å². The zero-order chi connectivity index (χ0) is 15.1. The van der Waals surface area contributed by atoms with E-state index in [1.807, 2.05) is 12.1 Å². The van der Waals surface area contributed by atoms with Crippen LogP contribution in [0.25, 0.3) is 0 Å². The number of pyridine rings is 1. The number of nitrogens with zero attached hydrogens (tertiary/aromatic N) is 3. The second-order valence-corrected chi connectivity index (χ2v) is 5.65. The van der Waals surface area contributed by atoms with Crippen LogP contribution >= 0.6 is 11.6 Å². The Labute approximate surface area is 132 Å². The molecule has 2 aliphatic heterocycles. The summed E-state index contributed by atoms with van der Waals surface area (Å²) in [7, 11) is 0. The summed E-state index contributed by atoms with van der Waals surface area (Å²) in [6, 6.07) is 9.04. The van der Waals surface area contributed by atoms with E-state index in [4.69, 9.17) is 16.3 Å². The molecule has 1 atom stereocenters. The summed E-state index contributed by atoms with van der Waals surface area (Å²) < 4.78 is 5.74. The maximum Gasteiger partial charge on any atom is 0.275 e. The van der Waals surface area contributed by atoms with Gasteiger partial charge in [-0.15, -0.1) is 0 Å². The molecular formula is C16H12ClN3O2. The molecule has 3 heterocycles. The van der Waals surface area contributed by atoms with Crippen LogP contribution < -0.4 is 4.74 Å². The molecule has 2 aromatic rings. The Kier molecular flexibility index (Phi) is 3.08. The number of hydrogen-bond donors (Lipinski definition) is 0. The predicted octanol–water partition coefficient (Wildman–Crippen LogP) is 2.60. The van der Waals surface area contributed by atoms with Gasteiger partial charge in [0.25, 0.3) is 5.91 Å². The first-order chi connectivity index (χ1) is 10.7. The number of hydrogen-bond acceptors (Lipinski definition) is 4. The van der Waals surface area contributed by atoms with Gasteiger partial charge < -0.3 is 4.74 Å². The van der Waals surface area contributed by atoms with E-state index in [0.717, 1.165) is 11.3 Å². The second-order valence-electron chi connectivity index (χ2n) is 5.24. The quantitative estimate of drug-likeness (QED) is 0.813. The molecule has 0 radical (unpaired) electrons. The van der Waals surface area contributed by atoms with E-state index in [2.05, 4.69) is 10.1 Å². The van der Waals surface area contributed by atoms with E-state index in [1.165, 1.54) is 5.01 Å². The van der Waals surface area contributed by atoms with Crippen LogP contribution in [0.4, 0.5) is 0 Å². The minimum Gasteiger partial charge on any atom is -0.491 e. The molecule has 2 aliphatic rings. The number of para-hydroxylation sites is 1. The van der Waals surface area contributed by atoms with Crippen molar-refractivity contribution < 1.29 is 9.53 Å². The molecule has 110 valence electrons. The third kappa shape index (κ3) is 2.05. The molecule has 22 heavy (non-hydrogen) atoms. The van der Waals surface area contributed by atoms with Crippen LogP contribution in [-0.4, -0.2) is 34.8 Å². The molecule has 5 nitrogen and oxygen atoms in total. The van der Waals surface area contributed by atoms with Crippen LogP contribution in [0.15, 0.2) is 47.8 Å². The topological polar surface area (TPSA) is 54.8 Å². The summed E-state index contributed by atoms with van der Waals surface area (Å²) in [4.78, 5) is 16.5. The zero-order valence-electron chi connectivity index (χ0n) is 11.6. The molecule has 0 saturated carbocycles. The lowest BCUT2D eigenvalue weighted by atomic mass is 9.95. The van der Waals surface area contributed by atoms with Crippen LogP contribution in [0.5, 0.6) is 5.75 Å². The Morgan fingerprint density at radius 3 is 3.05 bits per heavy atom. The van der Waals surface area contributed by atoms with Crippen molar-refractivity contribution in [3.8, 4) is 5.75 Å². The highest BCUT2D eigenvalue weighted by molar-refractivity contribution is 6.33. The van der Waals surface area contributed by atoms with Gasteiger partial charge in [0, 0.05) is 18.0 Å². The summed E-state index contributed by atoms with van der Waals surface area (Å²) in [5.41, 5.74) is 2.25. The van der Waals surface area contributed by atoms with Gasteiger partial charge in [-0.2, -0.15) is 5.10 Å². The molecule has 0 bridgehead atoms. The summed E-state index contributed by atoms with van der Waals surface area (Å²) >= 11 is 6.16. The Morgan fingerprint density at radius 2 is 2.23 bits per heavy atom. The number of fused-ring (bicyclic) bond motifs is 3. The highest BCUT2D eigenvalue weighted by Crippen LogP contribution is 2.36. The number of amides is 1. The fourth-order valence-corrected chi connectivity index (χ4v) is 2.99. The third-order valence-electron chi connectivity index (χ3n) is 3.82. The SMILES string of the molecule is O=C(c1cccnc1)N1CC2COc3c(Cl)cccc3C2=N1. The lowest BCUT2D eigenvalue weighted by molar-refractivity contribution is 0.0760. The number of carbonyl (C=O) groups is 1. The van der Waals surface area contributed by atoms with Gasteiger partial charge in [-0.25, -0.2) is 5.01 Å². The average molecular weight is 314 g/mol. The van der Waals surface area contributed by atoms with Crippen LogP contribution in [0.1, 0.15) is 15.9 Å². The third-order valence-corrected chi connectivity index (χ3v) is 4.12. The van der Waals surface area contributed by atoms with Gasteiger partial charge in [0.15, 0.2) is 0 Å². The second kappa shape index (κ2) is 5.10. The van der Waals surface area contributed by atoms with Crippen LogP contribution in [0, 0.1) is 5.92 Å². The summed E-state index contributed by atoms with van der Waals surface area (Å²) in [6.45, 7) is 0.988. The Morgan fingerprint density at radius 1 is 1.32 bits per heavy atom. The molecule has 1 aromatic carbocycles. The number of rotatable bonds is 1. The van der Waals surface area contributed by atoms with Gasteiger partial charge in [-0.1, -0.05) is 17.7 Å². The van der Waals surface area contributed by atoms with Crippen molar-refractivity contribution in [2.45, 2.75) is 0 Å². The largest absolute Gasteiger partial charge is 0.491 e. The van der Waals surface area contributed by atoms with E-state index in [9.17, 15) is 4.79 Å². The normalized spacial score (nSPS) is 19.0. The fraction of sp³-hybridized carbons (Fsp3) is 0.188. The molecule has 4 rings (SSSR count). The average Bonchev–Trinajstić information content (AvgIpc) is 3.00. The number of aromatic nitrogens is 1. The molecule has 0 N–H and O–H groups in total. The zero-order valence-corrected chi connectivity index (χ0v) is 12.3. The van der Waals surface area contributed by atoms with Crippen molar-refractivity contribution in [1.29, 1.82) is 0 Å². The number of halogens is 1. The molecular weight excluding hydrogens is 302 g/mol. The van der Waals surface area contributed by atoms with Gasteiger partial charge in [-0.3, -0.25) is 9.78 Å². The molecule has 0 aliphatic carbocycles. The Hall–Kier alpha value is -2.40. The maximum atomic E-state index is 12.5. The molecule has 0 spiro atoms. The van der Waals surface area contributed by atoms with Crippen molar-refractivity contribution in [2.24, 2.45) is 11.0 Å². The van der Waals surface area contributed by atoms with Gasteiger partial charge in [0.2, 0.25) is 0 Å². The molecule has 0 saturated heterocycles. The molecule has 6 heteroatoms. The van der Waals surface area contributed by atoms with Crippen LogP contribution in [0.3, 0.4) is 0 Å². The predicted molar refractivity (Wildman–Crippen MR) is 82.2 cm³/mol. The number of ether oxygens (including phenoxy) is 1. The van der Waals surface area contributed by atoms with Crippen molar-refractivity contribution >= 4 is 23.2 Å². The molecule has 1 aromatic heterocycles. The standard InChI is InChI=1S/C16H12ClN3O2/c17-13-5-1-4-12-14-11(9-22-15(12)13)8-20(19-14)16(21)10-3-2-6-18-7-10/h1-7,11H,8-9H2. The Bertz CT molecular complexity index is 776. The highest BCUT2D eigenvalue weighted by Gasteiger charge is 2.36. The fourth-order valence-electron chi connectivity index (χ4n) is 2.76.